The molecule has 0 N–H and O–H groups in total. The quantitative estimate of drug-likeness (QED) is 0.186. The van der Waals surface area contributed by atoms with Crippen LogP contribution in [-0.2, 0) is 5.41 Å². The van der Waals surface area contributed by atoms with Gasteiger partial charge in [-0.1, -0.05) is 139 Å². The van der Waals surface area contributed by atoms with Crippen LogP contribution in [0.1, 0.15) is 22.3 Å². The predicted octanol–water partition coefficient (Wildman–Crippen LogP) is 12.1. The SMILES string of the molecule is c1ccc(-c2nc(-c3ccccc3)nc(-c3ccc4sc5cc6c(cc5c4c3)C3(c4ccccc4S6)c4ccccc4-c4ccccc43)n2)cc1. The summed E-state index contributed by atoms with van der Waals surface area (Å²) < 4.78 is 2.54. The van der Waals surface area contributed by atoms with Gasteiger partial charge in [0.05, 0.1) is 5.41 Å². The number of hydrogen-bond acceptors (Lipinski definition) is 5. The lowest BCUT2D eigenvalue weighted by molar-refractivity contribution is 0.724. The number of fused-ring (bicyclic) bond motifs is 12. The van der Waals surface area contributed by atoms with E-state index in [1.54, 1.807) is 0 Å². The van der Waals surface area contributed by atoms with Crippen molar-refractivity contribution in [3.63, 3.8) is 0 Å². The summed E-state index contributed by atoms with van der Waals surface area (Å²) in [4.78, 5) is 17.7. The van der Waals surface area contributed by atoms with E-state index in [1.165, 1.54) is 63.3 Å². The maximum absolute atomic E-state index is 5.05. The summed E-state index contributed by atoms with van der Waals surface area (Å²) in [6.07, 6.45) is 0. The summed E-state index contributed by atoms with van der Waals surface area (Å²) >= 11 is 3.75. The van der Waals surface area contributed by atoms with Crippen molar-refractivity contribution in [3.05, 3.63) is 186 Å². The van der Waals surface area contributed by atoms with Crippen molar-refractivity contribution in [1.29, 1.82) is 0 Å². The molecule has 1 aliphatic heterocycles. The highest BCUT2D eigenvalue weighted by Crippen LogP contribution is 2.62. The Morgan fingerprint density at radius 2 is 0.902 bits per heavy atom. The molecule has 5 heteroatoms. The van der Waals surface area contributed by atoms with Crippen molar-refractivity contribution in [1.82, 2.24) is 15.0 Å². The summed E-state index contributed by atoms with van der Waals surface area (Å²) in [6.45, 7) is 0. The Hall–Kier alpha value is -5.88. The summed E-state index contributed by atoms with van der Waals surface area (Å²) in [6, 6.07) is 59.0. The van der Waals surface area contributed by atoms with Gasteiger partial charge in [-0.3, -0.25) is 0 Å². The molecule has 2 aromatic heterocycles. The Balaban J connectivity index is 1.16. The number of thiophene rings is 1. The Morgan fingerprint density at radius 1 is 0.373 bits per heavy atom. The largest absolute Gasteiger partial charge is 0.208 e. The van der Waals surface area contributed by atoms with Crippen molar-refractivity contribution in [3.8, 4) is 45.3 Å². The zero-order valence-corrected chi connectivity index (χ0v) is 28.9. The van der Waals surface area contributed by atoms with Gasteiger partial charge in [0.1, 0.15) is 0 Å². The molecule has 3 nitrogen and oxygen atoms in total. The van der Waals surface area contributed by atoms with Crippen LogP contribution in [0, 0.1) is 0 Å². The molecular weight excluding hydrogens is 659 g/mol. The van der Waals surface area contributed by atoms with Crippen LogP contribution in [0.2, 0.25) is 0 Å². The van der Waals surface area contributed by atoms with Gasteiger partial charge in [-0.05, 0) is 69.8 Å². The number of nitrogens with zero attached hydrogens (tertiary/aromatic N) is 3. The van der Waals surface area contributed by atoms with Crippen LogP contribution in [0.15, 0.2) is 174 Å². The lowest BCUT2D eigenvalue weighted by Gasteiger charge is -2.39. The molecule has 9 aromatic rings. The van der Waals surface area contributed by atoms with Crippen LogP contribution in [-0.4, -0.2) is 15.0 Å². The fraction of sp³-hybridized carbons (Fsp3) is 0.0217. The molecular formula is C46H27N3S2. The first-order valence-corrected chi connectivity index (χ1v) is 18.7. The number of benzene rings is 7. The first-order valence-electron chi connectivity index (χ1n) is 17.1. The fourth-order valence-corrected chi connectivity index (χ4v) is 10.6. The third-order valence-electron chi connectivity index (χ3n) is 10.4. The lowest BCUT2D eigenvalue weighted by atomic mass is 9.67. The van der Waals surface area contributed by atoms with Crippen LogP contribution < -0.4 is 0 Å². The van der Waals surface area contributed by atoms with E-state index in [2.05, 4.69) is 127 Å². The molecule has 2 aliphatic rings. The Morgan fingerprint density at radius 3 is 1.55 bits per heavy atom. The van der Waals surface area contributed by atoms with Crippen LogP contribution in [0.4, 0.5) is 0 Å². The molecule has 0 saturated heterocycles. The average Bonchev–Trinajstić information content (AvgIpc) is 3.70. The highest BCUT2D eigenvalue weighted by molar-refractivity contribution is 7.99. The monoisotopic (exact) mass is 685 g/mol. The Labute approximate surface area is 303 Å². The number of aromatic nitrogens is 3. The van der Waals surface area contributed by atoms with E-state index in [-0.39, 0.29) is 0 Å². The van der Waals surface area contributed by atoms with Crippen LogP contribution in [0.5, 0.6) is 0 Å². The zero-order chi connectivity index (χ0) is 33.5. The van der Waals surface area contributed by atoms with Gasteiger partial charge in [-0.2, -0.15) is 0 Å². The molecule has 7 aromatic carbocycles. The average molecular weight is 686 g/mol. The van der Waals surface area contributed by atoms with Crippen LogP contribution in [0.3, 0.4) is 0 Å². The molecule has 0 saturated carbocycles. The smallest absolute Gasteiger partial charge is 0.164 e. The Kier molecular flexibility index (Phi) is 6.27. The van der Waals surface area contributed by atoms with E-state index >= 15 is 0 Å². The van der Waals surface area contributed by atoms with Crippen LogP contribution >= 0.6 is 23.1 Å². The maximum atomic E-state index is 5.05. The number of hydrogen-bond donors (Lipinski definition) is 0. The molecule has 3 heterocycles. The van der Waals surface area contributed by atoms with Gasteiger partial charge in [-0.25, -0.2) is 15.0 Å². The summed E-state index contributed by atoms with van der Waals surface area (Å²) in [7, 11) is 0. The third kappa shape index (κ3) is 4.22. The van der Waals surface area contributed by atoms with Crippen molar-refractivity contribution in [2.45, 2.75) is 15.2 Å². The molecule has 0 radical (unpaired) electrons. The van der Waals surface area contributed by atoms with Crippen molar-refractivity contribution in [2.24, 2.45) is 0 Å². The van der Waals surface area contributed by atoms with Crippen molar-refractivity contribution in [2.75, 3.05) is 0 Å². The molecule has 1 spiro atoms. The zero-order valence-electron chi connectivity index (χ0n) is 27.2. The highest BCUT2D eigenvalue weighted by Gasteiger charge is 2.50. The first-order chi connectivity index (χ1) is 25.3. The minimum Gasteiger partial charge on any atom is -0.208 e. The molecule has 1 aliphatic carbocycles. The molecule has 0 unspecified atom stereocenters. The normalized spacial score (nSPS) is 13.6. The van der Waals surface area contributed by atoms with Gasteiger partial charge in [0.15, 0.2) is 17.5 Å². The second-order valence-electron chi connectivity index (χ2n) is 13.1. The first kappa shape index (κ1) is 28.9. The van der Waals surface area contributed by atoms with Gasteiger partial charge >= 0.3 is 0 Å². The Bertz CT molecular complexity index is 2740. The standard InChI is InChI=1S/C46H27N3S2/c1-3-13-28(14-4-1)43-47-44(29-15-5-2-6-16-29)49-45(48-43)30-23-24-39-33(25-30)34-26-38-42(27-41(34)50-39)51-40-22-12-11-21-37(40)46(38)35-19-9-7-17-31(35)32-18-8-10-20-36(32)46/h1-27H. The van der Waals surface area contributed by atoms with E-state index in [1.807, 2.05) is 59.5 Å². The van der Waals surface area contributed by atoms with Crippen LogP contribution in [0.25, 0.3) is 65.5 Å². The second-order valence-corrected chi connectivity index (χ2v) is 15.3. The summed E-state index contributed by atoms with van der Waals surface area (Å²) in [5.41, 5.74) is 10.5. The lowest BCUT2D eigenvalue weighted by Crippen LogP contribution is -2.31. The van der Waals surface area contributed by atoms with Gasteiger partial charge in [0.25, 0.3) is 0 Å². The molecule has 0 fully saturated rings. The topological polar surface area (TPSA) is 38.7 Å². The maximum Gasteiger partial charge on any atom is 0.164 e. The highest BCUT2D eigenvalue weighted by atomic mass is 32.2. The van der Waals surface area contributed by atoms with Gasteiger partial charge in [0, 0.05) is 46.7 Å². The van der Waals surface area contributed by atoms with Crippen molar-refractivity contribution >= 4 is 43.3 Å². The molecule has 11 rings (SSSR count). The number of rotatable bonds is 3. The van der Waals surface area contributed by atoms with E-state index in [0.29, 0.717) is 17.5 Å². The molecule has 0 amide bonds. The van der Waals surface area contributed by atoms with E-state index in [9.17, 15) is 0 Å². The molecule has 51 heavy (non-hydrogen) atoms. The minimum atomic E-state index is -0.409. The predicted molar refractivity (Wildman–Crippen MR) is 210 cm³/mol. The molecule has 238 valence electrons. The van der Waals surface area contributed by atoms with E-state index in [4.69, 9.17) is 15.0 Å². The van der Waals surface area contributed by atoms with E-state index < -0.39 is 5.41 Å². The minimum absolute atomic E-state index is 0.409. The fourth-order valence-electron chi connectivity index (χ4n) is 8.20. The summed E-state index contributed by atoms with van der Waals surface area (Å²) in [5, 5.41) is 2.48. The van der Waals surface area contributed by atoms with E-state index in [0.717, 1.165) is 16.7 Å². The van der Waals surface area contributed by atoms with Gasteiger partial charge in [0.2, 0.25) is 0 Å². The van der Waals surface area contributed by atoms with Crippen molar-refractivity contribution < 1.29 is 0 Å². The molecule has 0 atom stereocenters. The summed E-state index contributed by atoms with van der Waals surface area (Å²) in [5.74, 6) is 2.00. The third-order valence-corrected chi connectivity index (χ3v) is 12.7. The second kappa shape index (κ2) is 11.1. The van der Waals surface area contributed by atoms with Gasteiger partial charge < -0.3 is 0 Å². The molecule has 0 bridgehead atoms. The van der Waals surface area contributed by atoms with Gasteiger partial charge in [-0.15, -0.1) is 11.3 Å².